The van der Waals surface area contributed by atoms with Crippen molar-refractivity contribution >= 4 is 43.5 Å². The summed E-state index contributed by atoms with van der Waals surface area (Å²) in [5.41, 5.74) is 13.8. The maximum atomic E-state index is 10.7. The standard InChI is InChI=1S/C54H39N3/c1-54(2,3)41-24-27-45-49(33-41)52(36-16-9-5-10-17-36)48-32-39(22-26-44(48)51(45)35-14-7-4-8-15-35)43-25-21-37(30-40(43)34-55)38-23-28-50-47(31-38)46-20-13-29-56-53(46)57(50)42-18-11-6-12-19-42/h4-33H,1-3H3. The third-order valence-electron chi connectivity index (χ3n) is 11.4. The van der Waals surface area contributed by atoms with Crippen LogP contribution in [-0.2, 0) is 5.41 Å². The number of fused-ring (bicyclic) bond motifs is 5. The van der Waals surface area contributed by atoms with Crippen molar-refractivity contribution in [1.82, 2.24) is 9.55 Å². The summed E-state index contributed by atoms with van der Waals surface area (Å²) in [5.74, 6) is 0. The number of hydrogen-bond acceptors (Lipinski definition) is 2. The lowest BCUT2D eigenvalue weighted by atomic mass is 9.81. The fourth-order valence-corrected chi connectivity index (χ4v) is 8.63. The number of pyridine rings is 1. The number of hydrogen-bond donors (Lipinski definition) is 0. The molecule has 2 heterocycles. The third kappa shape index (κ3) is 5.77. The predicted octanol–water partition coefficient (Wildman–Crippen LogP) is 14.3. The second-order valence-corrected chi connectivity index (χ2v) is 15.9. The van der Waals surface area contributed by atoms with Crippen molar-refractivity contribution in [3.63, 3.8) is 0 Å². The Bertz CT molecular complexity index is 3200. The first-order valence-corrected chi connectivity index (χ1v) is 19.5. The monoisotopic (exact) mass is 729 g/mol. The molecule has 0 atom stereocenters. The fourth-order valence-electron chi connectivity index (χ4n) is 8.63. The summed E-state index contributed by atoms with van der Waals surface area (Å²) < 4.78 is 2.22. The zero-order chi connectivity index (χ0) is 38.7. The maximum Gasteiger partial charge on any atom is 0.145 e. The van der Waals surface area contributed by atoms with Gasteiger partial charge in [0, 0.05) is 22.7 Å². The van der Waals surface area contributed by atoms with Gasteiger partial charge >= 0.3 is 0 Å². The minimum absolute atomic E-state index is 0.0182. The second kappa shape index (κ2) is 13.5. The average molecular weight is 730 g/mol. The third-order valence-corrected chi connectivity index (χ3v) is 11.4. The normalized spacial score (nSPS) is 11.8. The number of aromatic nitrogens is 2. The molecule has 0 unspecified atom stereocenters. The Morgan fingerprint density at radius 3 is 1.74 bits per heavy atom. The van der Waals surface area contributed by atoms with E-state index in [1.54, 1.807) is 0 Å². The van der Waals surface area contributed by atoms with Crippen LogP contribution in [0.5, 0.6) is 0 Å². The Morgan fingerprint density at radius 2 is 1.05 bits per heavy atom. The smallest absolute Gasteiger partial charge is 0.145 e. The van der Waals surface area contributed by atoms with Gasteiger partial charge in [-0.1, -0.05) is 142 Å². The van der Waals surface area contributed by atoms with Crippen molar-refractivity contribution in [3.05, 3.63) is 193 Å². The van der Waals surface area contributed by atoms with Gasteiger partial charge < -0.3 is 0 Å². The van der Waals surface area contributed by atoms with Crippen LogP contribution < -0.4 is 0 Å². The largest absolute Gasteiger partial charge is 0.294 e. The van der Waals surface area contributed by atoms with Gasteiger partial charge in [0.1, 0.15) is 5.65 Å². The van der Waals surface area contributed by atoms with E-state index in [0.717, 1.165) is 55.3 Å². The maximum absolute atomic E-state index is 10.7. The fraction of sp³-hybridized carbons (Fsp3) is 0.0741. The van der Waals surface area contributed by atoms with Crippen molar-refractivity contribution < 1.29 is 0 Å². The zero-order valence-corrected chi connectivity index (χ0v) is 32.2. The molecule has 0 radical (unpaired) electrons. The summed E-state index contributed by atoms with van der Waals surface area (Å²) in [6.07, 6.45) is 1.85. The van der Waals surface area contributed by atoms with Crippen LogP contribution in [-0.4, -0.2) is 9.55 Å². The number of nitriles is 1. The van der Waals surface area contributed by atoms with Crippen LogP contribution in [0, 0.1) is 11.3 Å². The van der Waals surface area contributed by atoms with E-state index < -0.39 is 0 Å². The van der Waals surface area contributed by atoms with Gasteiger partial charge in [0.2, 0.25) is 0 Å². The van der Waals surface area contributed by atoms with E-state index in [-0.39, 0.29) is 5.41 Å². The highest BCUT2D eigenvalue weighted by molar-refractivity contribution is 6.22. The van der Waals surface area contributed by atoms with Gasteiger partial charge in [-0.3, -0.25) is 4.57 Å². The summed E-state index contributed by atoms with van der Waals surface area (Å²) in [5, 5.41) is 17.8. The molecule has 10 rings (SSSR count). The molecule has 0 aliphatic rings. The lowest BCUT2D eigenvalue weighted by Crippen LogP contribution is -2.10. The van der Waals surface area contributed by atoms with E-state index in [0.29, 0.717) is 5.56 Å². The first-order chi connectivity index (χ1) is 27.9. The minimum Gasteiger partial charge on any atom is -0.294 e. The van der Waals surface area contributed by atoms with Crippen LogP contribution >= 0.6 is 0 Å². The molecule has 0 saturated heterocycles. The summed E-state index contributed by atoms with van der Waals surface area (Å²) >= 11 is 0. The molecule has 10 aromatic rings. The van der Waals surface area contributed by atoms with Crippen LogP contribution in [0.1, 0.15) is 31.9 Å². The summed E-state index contributed by atoms with van der Waals surface area (Å²) in [6.45, 7) is 6.83. The molecule has 0 bridgehead atoms. The topological polar surface area (TPSA) is 41.6 Å². The van der Waals surface area contributed by atoms with Gasteiger partial charge in [-0.05, 0) is 132 Å². The lowest BCUT2D eigenvalue weighted by Gasteiger charge is -2.23. The van der Waals surface area contributed by atoms with Crippen molar-refractivity contribution in [2.75, 3.05) is 0 Å². The van der Waals surface area contributed by atoms with Crippen LogP contribution in [0.25, 0.3) is 93.7 Å². The summed E-state index contributed by atoms with van der Waals surface area (Å²) in [7, 11) is 0. The number of benzene rings is 8. The molecule has 0 aliphatic carbocycles. The highest BCUT2D eigenvalue weighted by Gasteiger charge is 2.22. The zero-order valence-electron chi connectivity index (χ0n) is 32.2. The van der Waals surface area contributed by atoms with Gasteiger partial charge in [0.15, 0.2) is 0 Å². The molecule has 0 N–H and O–H groups in total. The molecule has 57 heavy (non-hydrogen) atoms. The molecule has 3 heteroatoms. The Balaban J connectivity index is 1.17. The van der Waals surface area contributed by atoms with Gasteiger partial charge in [-0.15, -0.1) is 0 Å². The molecule has 8 aromatic carbocycles. The van der Waals surface area contributed by atoms with Gasteiger partial charge in [-0.2, -0.15) is 5.26 Å². The van der Waals surface area contributed by atoms with Crippen LogP contribution in [0.15, 0.2) is 182 Å². The molecule has 0 amide bonds. The van der Waals surface area contributed by atoms with Gasteiger partial charge in [0.25, 0.3) is 0 Å². The molecule has 2 aromatic heterocycles. The molecule has 0 fully saturated rings. The molecule has 270 valence electrons. The molecule has 3 nitrogen and oxygen atoms in total. The Hall–Kier alpha value is -7.28. The first-order valence-electron chi connectivity index (χ1n) is 19.5. The van der Waals surface area contributed by atoms with E-state index in [1.165, 1.54) is 44.0 Å². The molecular formula is C54H39N3. The Labute approximate surface area is 332 Å². The van der Waals surface area contributed by atoms with Crippen molar-refractivity contribution in [1.29, 1.82) is 5.26 Å². The minimum atomic E-state index is -0.0182. The van der Waals surface area contributed by atoms with E-state index >= 15 is 0 Å². The van der Waals surface area contributed by atoms with Crippen molar-refractivity contribution in [2.24, 2.45) is 0 Å². The van der Waals surface area contributed by atoms with Crippen LogP contribution in [0.2, 0.25) is 0 Å². The van der Waals surface area contributed by atoms with Crippen molar-refractivity contribution in [3.8, 4) is 56.3 Å². The number of nitrogens with zero attached hydrogens (tertiary/aromatic N) is 3. The lowest BCUT2D eigenvalue weighted by molar-refractivity contribution is 0.591. The number of para-hydroxylation sites is 1. The Kier molecular flexibility index (Phi) is 8.09. The number of rotatable bonds is 5. The highest BCUT2D eigenvalue weighted by Crippen LogP contribution is 2.46. The first kappa shape index (κ1) is 34.2. The van der Waals surface area contributed by atoms with E-state index in [4.69, 9.17) is 4.98 Å². The molecule has 0 aliphatic heterocycles. The molecule has 0 saturated carbocycles. The summed E-state index contributed by atoms with van der Waals surface area (Å²) in [4.78, 5) is 4.79. The molecular weight excluding hydrogens is 691 g/mol. The van der Waals surface area contributed by atoms with Crippen molar-refractivity contribution in [2.45, 2.75) is 26.2 Å². The second-order valence-electron chi connectivity index (χ2n) is 15.9. The summed E-state index contributed by atoms with van der Waals surface area (Å²) in [6, 6.07) is 65.2. The van der Waals surface area contributed by atoms with Gasteiger partial charge in [-0.25, -0.2) is 4.98 Å². The van der Waals surface area contributed by atoms with E-state index in [2.05, 4.69) is 189 Å². The predicted molar refractivity (Wildman–Crippen MR) is 239 cm³/mol. The van der Waals surface area contributed by atoms with Crippen LogP contribution in [0.3, 0.4) is 0 Å². The highest BCUT2D eigenvalue weighted by atomic mass is 15.0. The molecule has 0 spiro atoms. The average Bonchev–Trinajstić information content (AvgIpc) is 3.59. The van der Waals surface area contributed by atoms with Crippen LogP contribution in [0.4, 0.5) is 0 Å². The quantitative estimate of drug-likeness (QED) is 0.166. The van der Waals surface area contributed by atoms with E-state index in [9.17, 15) is 5.26 Å². The SMILES string of the molecule is CC(C)(C)c1ccc2c(-c3ccccc3)c3ccc(-c4ccc(-c5ccc6c(c5)c5cccnc5n6-c5ccccc5)cc4C#N)cc3c(-c3ccccc3)c2c1. The Morgan fingerprint density at radius 1 is 0.474 bits per heavy atom. The van der Waals surface area contributed by atoms with Gasteiger partial charge in [0.05, 0.1) is 17.1 Å². The van der Waals surface area contributed by atoms with E-state index in [1.807, 2.05) is 24.4 Å².